The molecular formula is C22H22N4O. The predicted molar refractivity (Wildman–Crippen MR) is 106 cm³/mol. The van der Waals surface area contributed by atoms with E-state index in [1.165, 1.54) is 11.1 Å². The van der Waals surface area contributed by atoms with Gasteiger partial charge in [-0.2, -0.15) is 0 Å². The zero-order valence-corrected chi connectivity index (χ0v) is 15.3. The Bertz CT molecular complexity index is 942. The third-order valence-corrected chi connectivity index (χ3v) is 5.06. The van der Waals surface area contributed by atoms with Crippen molar-refractivity contribution in [2.45, 2.75) is 25.3 Å². The van der Waals surface area contributed by atoms with E-state index < -0.39 is 0 Å². The SMILES string of the molecule is CN(C(=O)c1cccc(Nc2ncccn2)c1)[C@H]1CCCc2ccccc21. The first-order valence-corrected chi connectivity index (χ1v) is 9.21. The first-order valence-electron chi connectivity index (χ1n) is 9.21. The van der Waals surface area contributed by atoms with E-state index in [0.29, 0.717) is 11.5 Å². The van der Waals surface area contributed by atoms with Crippen LogP contribution in [0.1, 0.15) is 40.4 Å². The standard InChI is InChI=1S/C22H22N4O/c1-26(20-12-5-8-16-7-2-3-11-19(16)20)21(27)17-9-4-10-18(15-17)25-22-23-13-6-14-24-22/h2-4,6-7,9-11,13-15,20H,5,8,12H2,1H3,(H,23,24,25)/t20-/m0/s1. The summed E-state index contributed by atoms with van der Waals surface area (Å²) in [4.78, 5) is 23.3. The van der Waals surface area contributed by atoms with Gasteiger partial charge in [-0.15, -0.1) is 0 Å². The molecule has 5 nitrogen and oxygen atoms in total. The first-order chi connectivity index (χ1) is 13.2. The monoisotopic (exact) mass is 358 g/mol. The molecule has 5 heteroatoms. The average Bonchev–Trinajstić information content (AvgIpc) is 2.73. The molecule has 1 aromatic heterocycles. The van der Waals surface area contributed by atoms with Gasteiger partial charge in [0.1, 0.15) is 0 Å². The summed E-state index contributed by atoms with van der Waals surface area (Å²) in [5, 5.41) is 3.14. The lowest BCUT2D eigenvalue weighted by Gasteiger charge is -2.33. The van der Waals surface area contributed by atoms with E-state index in [1.54, 1.807) is 18.5 Å². The van der Waals surface area contributed by atoms with E-state index in [-0.39, 0.29) is 11.9 Å². The number of anilines is 2. The molecule has 4 rings (SSSR count). The number of rotatable bonds is 4. The molecule has 27 heavy (non-hydrogen) atoms. The lowest BCUT2D eigenvalue weighted by Crippen LogP contribution is -2.33. The number of hydrogen-bond acceptors (Lipinski definition) is 4. The van der Waals surface area contributed by atoms with Crippen LogP contribution < -0.4 is 5.32 Å². The van der Waals surface area contributed by atoms with Gasteiger partial charge >= 0.3 is 0 Å². The molecule has 0 bridgehead atoms. The third kappa shape index (κ3) is 3.67. The molecule has 136 valence electrons. The van der Waals surface area contributed by atoms with Crippen LogP contribution in [0.15, 0.2) is 67.0 Å². The van der Waals surface area contributed by atoms with Crippen molar-refractivity contribution < 1.29 is 4.79 Å². The van der Waals surface area contributed by atoms with Gasteiger partial charge in [0.25, 0.3) is 5.91 Å². The van der Waals surface area contributed by atoms with Crippen molar-refractivity contribution in [1.82, 2.24) is 14.9 Å². The zero-order chi connectivity index (χ0) is 18.6. The number of benzene rings is 2. The minimum absolute atomic E-state index is 0.0225. The lowest BCUT2D eigenvalue weighted by molar-refractivity contribution is 0.0715. The lowest BCUT2D eigenvalue weighted by atomic mass is 9.87. The number of aryl methyl sites for hydroxylation is 1. The molecule has 0 radical (unpaired) electrons. The molecule has 1 N–H and O–H groups in total. The maximum absolute atomic E-state index is 13.1. The summed E-state index contributed by atoms with van der Waals surface area (Å²) >= 11 is 0. The van der Waals surface area contributed by atoms with Crippen molar-refractivity contribution in [1.29, 1.82) is 0 Å². The molecule has 1 amide bonds. The predicted octanol–water partition coefficient (Wildman–Crippen LogP) is 4.37. The van der Waals surface area contributed by atoms with Gasteiger partial charge in [-0.1, -0.05) is 30.3 Å². The van der Waals surface area contributed by atoms with Gasteiger partial charge in [-0.05, 0) is 54.7 Å². The van der Waals surface area contributed by atoms with Gasteiger partial charge in [-0.25, -0.2) is 9.97 Å². The largest absolute Gasteiger partial charge is 0.335 e. The fourth-order valence-electron chi connectivity index (χ4n) is 3.70. The summed E-state index contributed by atoms with van der Waals surface area (Å²) in [5.41, 5.74) is 4.07. The maximum atomic E-state index is 13.1. The van der Waals surface area contributed by atoms with Crippen molar-refractivity contribution in [2.24, 2.45) is 0 Å². The van der Waals surface area contributed by atoms with Crippen molar-refractivity contribution in [3.05, 3.63) is 83.7 Å². The van der Waals surface area contributed by atoms with E-state index in [4.69, 9.17) is 0 Å². The zero-order valence-electron chi connectivity index (χ0n) is 15.3. The number of hydrogen-bond donors (Lipinski definition) is 1. The molecule has 0 spiro atoms. The highest BCUT2D eigenvalue weighted by Gasteiger charge is 2.27. The van der Waals surface area contributed by atoms with Gasteiger partial charge < -0.3 is 10.2 Å². The van der Waals surface area contributed by atoms with Crippen LogP contribution in [0.25, 0.3) is 0 Å². The Kier molecular flexibility index (Phi) is 4.83. The Morgan fingerprint density at radius 2 is 1.89 bits per heavy atom. The summed E-state index contributed by atoms with van der Waals surface area (Å²) in [7, 11) is 1.90. The van der Waals surface area contributed by atoms with Crippen LogP contribution in [0.5, 0.6) is 0 Å². The maximum Gasteiger partial charge on any atom is 0.254 e. The highest BCUT2D eigenvalue weighted by Crippen LogP contribution is 2.34. The summed E-state index contributed by atoms with van der Waals surface area (Å²) in [6.07, 6.45) is 6.55. The van der Waals surface area contributed by atoms with Crippen LogP contribution in [0.3, 0.4) is 0 Å². The minimum Gasteiger partial charge on any atom is -0.335 e. The number of carbonyl (C=O) groups is 1. The molecule has 0 fully saturated rings. The quantitative estimate of drug-likeness (QED) is 0.752. The van der Waals surface area contributed by atoms with Crippen LogP contribution in [-0.4, -0.2) is 27.8 Å². The number of carbonyl (C=O) groups excluding carboxylic acids is 1. The minimum atomic E-state index is 0.0225. The van der Waals surface area contributed by atoms with Crippen LogP contribution >= 0.6 is 0 Å². The van der Waals surface area contributed by atoms with Gasteiger partial charge in [0, 0.05) is 30.7 Å². The molecule has 1 heterocycles. The summed E-state index contributed by atoms with van der Waals surface area (Å²) < 4.78 is 0. The first kappa shape index (κ1) is 17.2. The fourth-order valence-corrected chi connectivity index (χ4v) is 3.70. The molecule has 0 unspecified atom stereocenters. The fraction of sp³-hybridized carbons (Fsp3) is 0.227. The number of nitrogens with one attached hydrogen (secondary N) is 1. The summed E-state index contributed by atoms with van der Waals surface area (Å²) in [6, 6.07) is 17.8. The molecule has 1 aliphatic carbocycles. The van der Waals surface area contributed by atoms with Gasteiger partial charge in [0.2, 0.25) is 5.95 Å². The third-order valence-electron chi connectivity index (χ3n) is 5.06. The number of fused-ring (bicyclic) bond motifs is 1. The smallest absolute Gasteiger partial charge is 0.254 e. The molecule has 0 saturated heterocycles. The van der Waals surface area contributed by atoms with E-state index in [0.717, 1.165) is 24.9 Å². The summed E-state index contributed by atoms with van der Waals surface area (Å²) in [5.74, 6) is 0.533. The molecular weight excluding hydrogens is 336 g/mol. The Morgan fingerprint density at radius 1 is 1.07 bits per heavy atom. The summed E-state index contributed by atoms with van der Waals surface area (Å²) in [6.45, 7) is 0. The topological polar surface area (TPSA) is 58.1 Å². The van der Waals surface area contributed by atoms with Crippen molar-refractivity contribution >= 4 is 17.5 Å². The second kappa shape index (κ2) is 7.58. The van der Waals surface area contributed by atoms with Gasteiger partial charge in [0.15, 0.2) is 0 Å². The highest BCUT2D eigenvalue weighted by molar-refractivity contribution is 5.95. The van der Waals surface area contributed by atoms with E-state index >= 15 is 0 Å². The van der Waals surface area contributed by atoms with Crippen LogP contribution in [-0.2, 0) is 6.42 Å². The molecule has 0 saturated carbocycles. The highest BCUT2D eigenvalue weighted by atomic mass is 16.2. The molecule has 1 atom stereocenters. The molecule has 2 aromatic carbocycles. The average molecular weight is 358 g/mol. The number of amides is 1. The molecule has 3 aromatic rings. The normalized spacial score (nSPS) is 15.7. The Hall–Kier alpha value is -3.21. The number of nitrogens with zero attached hydrogens (tertiary/aromatic N) is 3. The molecule has 1 aliphatic rings. The van der Waals surface area contributed by atoms with E-state index in [1.807, 2.05) is 36.2 Å². The molecule has 0 aliphatic heterocycles. The van der Waals surface area contributed by atoms with E-state index in [9.17, 15) is 4.79 Å². The van der Waals surface area contributed by atoms with Crippen LogP contribution in [0.4, 0.5) is 11.6 Å². The van der Waals surface area contributed by atoms with Crippen molar-refractivity contribution in [3.63, 3.8) is 0 Å². The van der Waals surface area contributed by atoms with Crippen LogP contribution in [0, 0.1) is 0 Å². The Morgan fingerprint density at radius 3 is 2.74 bits per heavy atom. The second-order valence-corrected chi connectivity index (χ2v) is 6.80. The Balaban J connectivity index is 1.55. The second-order valence-electron chi connectivity index (χ2n) is 6.80. The van der Waals surface area contributed by atoms with Crippen LogP contribution in [0.2, 0.25) is 0 Å². The van der Waals surface area contributed by atoms with Crippen molar-refractivity contribution in [2.75, 3.05) is 12.4 Å². The van der Waals surface area contributed by atoms with Gasteiger partial charge in [-0.3, -0.25) is 4.79 Å². The number of aromatic nitrogens is 2. The van der Waals surface area contributed by atoms with Gasteiger partial charge in [0.05, 0.1) is 6.04 Å². The van der Waals surface area contributed by atoms with Crippen molar-refractivity contribution in [3.8, 4) is 0 Å². The van der Waals surface area contributed by atoms with E-state index in [2.05, 4.69) is 39.6 Å². The Labute approximate surface area is 159 Å².